The average Bonchev–Trinajstić information content (AvgIpc) is 2.81. The first-order valence-electron chi connectivity index (χ1n) is 8.59. The highest BCUT2D eigenvalue weighted by Gasteiger charge is 2.23. The highest BCUT2D eigenvalue weighted by molar-refractivity contribution is 7.89. The Balaban J connectivity index is 1.97. The zero-order chi connectivity index (χ0) is 21.1. The molecule has 0 aliphatic carbocycles. The second kappa shape index (κ2) is 8.14. The largest absolute Gasteiger partial charge is 0.470 e. The SMILES string of the molecule is Cc1ccc(S(=O)(=O)N2/C=C\O/C=C\N(S(=O)(=O)c3ccc(C)cc3)/C=C\2)cc1. The maximum atomic E-state index is 12.9. The van der Waals surface area contributed by atoms with Crippen LogP contribution in [0.3, 0.4) is 0 Å². The lowest BCUT2D eigenvalue weighted by molar-refractivity contribution is 0.390. The third kappa shape index (κ3) is 4.52. The molecule has 2 aromatic rings. The lowest BCUT2D eigenvalue weighted by atomic mass is 10.2. The van der Waals surface area contributed by atoms with Crippen molar-refractivity contribution in [3.05, 3.63) is 97.0 Å². The van der Waals surface area contributed by atoms with E-state index in [1.165, 1.54) is 36.7 Å². The number of aryl methyl sites for hydroxylation is 2. The van der Waals surface area contributed by atoms with Crippen LogP contribution < -0.4 is 0 Å². The number of ether oxygens (including phenoxy) is 1. The van der Waals surface area contributed by atoms with E-state index in [1.807, 2.05) is 13.8 Å². The summed E-state index contributed by atoms with van der Waals surface area (Å²) >= 11 is 0. The number of rotatable bonds is 4. The summed E-state index contributed by atoms with van der Waals surface area (Å²) in [5.41, 5.74) is 1.84. The molecule has 0 spiro atoms. The Bertz CT molecular complexity index is 1070. The lowest BCUT2D eigenvalue weighted by Gasteiger charge is -2.19. The van der Waals surface area contributed by atoms with Crippen LogP contribution in [0.4, 0.5) is 0 Å². The number of sulfonamides is 2. The van der Waals surface area contributed by atoms with Crippen molar-refractivity contribution in [3.63, 3.8) is 0 Å². The van der Waals surface area contributed by atoms with E-state index in [9.17, 15) is 16.8 Å². The molecular formula is C20H20N2O5S2. The van der Waals surface area contributed by atoms with Crippen LogP contribution in [0.15, 0.2) is 95.6 Å². The van der Waals surface area contributed by atoms with Crippen LogP contribution in [0, 0.1) is 13.8 Å². The molecule has 0 bridgehead atoms. The van der Waals surface area contributed by atoms with Crippen LogP contribution in [0.2, 0.25) is 0 Å². The molecule has 0 amide bonds. The highest BCUT2D eigenvalue weighted by Crippen LogP contribution is 2.21. The molecule has 152 valence electrons. The summed E-state index contributed by atoms with van der Waals surface area (Å²) in [6, 6.07) is 12.7. The van der Waals surface area contributed by atoms with Crippen LogP contribution in [0.25, 0.3) is 0 Å². The Kier molecular flexibility index (Phi) is 5.81. The second-order valence-electron chi connectivity index (χ2n) is 6.30. The van der Waals surface area contributed by atoms with Crippen molar-refractivity contribution in [2.24, 2.45) is 0 Å². The van der Waals surface area contributed by atoms with Crippen molar-refractivity contribution in [1.82, 2.24) is 8.61 Å². The topological polar surface area (TPSA) is 84.0 Å². The van der Waals surface area contributed by atoms with E-state index in [2.05, 4.69) is 0 Å². The molecule has 1 aliphatic rings. The first-order valence-corrected chi connectivity index (χ1v) is 11.5. The minimum atomic E-state index is -3.94. The van der Waals surface area contributed by atoms with Crippen molar-refractivity contribution in [2.45, 2.75) is 23.6 Å². The van der Waals surface area contributed by atoms with Gasteiger partial charge >= 0.3 is 0 Å². The molecule has 1 aliphatic heterocycles. The van der Waals surface area contributed by atoms with Gasteiger partial charge < -0.3 is 4.74 Å². The average molecular weight is 433 g/mol. The summed E-state index contributed by atoms with van der Waals surface area (Å²) in [4.78, 5) is 0.134. The summed E-state index contributed by atoms with van der Waals surface area (Å²) < 4.78 is 58.6. The van der Waals surface area contributed by atoms with Gasteiger partial charge in [0.15, 0.2) is 0 Å². The zero-order valence-corrected chi connectivity index (χ0v) is 17.5. The molecule has 0 saturated carbocycles. The van der Waals surface area contributed by atoms with Crippen LogP contribution >= 0.6 is 0 Å². The summed E-state index contributed by atoms with van der Waals surface area (Å²) in [6.07, 6.45) is 6.98. The van der Waals surface area contributed by atoms with Crippen molar-refractivity contribution in [3.8, 4) is 0 Å². The van der Waals surface area contributed by atoms with Gasteiger partial charge in [-0.2, -0.15) is 0 Å². The molecule has 0 atom stereocenters. The number of benzene rings is 2. The Labute approximate surface area is 170 Å². The number of hydrogen-bond acceptors (Lipinski definition) is 5. The quantitative estimate of drug-likeness (QED) is 0.739. The molecule has 0 aromatic heterocycles. The Morgan fingerprint density at radius 3 is 1.28 bits per heavy atom. The van der Waals surface area contributed by atoms with Gasteiger partial charge in [-0.1, -0.05) is 35.4 Å². The van der Waals surface area contributed by atoms with Crippen LogP contribution in [0.1, 0.15) is 11.1 Å². The van der Waals surface area contributed by atoms with Gasteiger partial charge in [-0.25, -0.2) is 25.4 Å². The van der Waals surface area contributed by atoms with Crippen molar-refractivity contribution < 1.29 is 21.6 Å². The smallest absolute Gasteiger partial charge is 0.267 e. The Morgan fingerprint density at radius 1 is 0.586 bits per heavy atom. The minimum Gasteiger partial charge on any atom is -0.470 e. The summed E-state index contributed by atoms with van der Waals surface area (Å²) in [5.74, 6) is 0. The first-order chi connectivity index (χ1) is 13.7. The van der Waals surface area contributed by atoms with Gasteiger partial charge in [0.2, 0.25) is 0 Å². The van der Waals surface area contributed by atoms with Crippen molar-refractivity contribution in [2.75, 3.05) is 0 Å². The van der Waals surface area contributed by atoms with Gasteiger partial charge in [-0.05, 0) is 38.1 Å². The molecule has 9 heteroatoms. The van der Waals surface area contributed by atoms with E-state index in [1.54, 1.807) is 24.3 Å². The molecule has 1 heterocycles. The van der Waals surface area contributed by atoms with Gasteiger partial charge in [0, 0.05) is 12.4 Å². The van der Waals surface area contributed by atoms with E-state index < -0.39 is 20.0 Å². The Hall–Kier alpha value is -3.04. The van der Waals surface area contributed by atoms with Gasteiger partial charge in [0.05, 0.1) is 22.2 Å². The Morgan fingerprint density at radius 2 is 0.931 bits per heavy atom. The predicted molar refractivity (Wildman–Crippen MR) is 109 cm³/mol. The van der Waals surface area contributed by atoms with Gasteiger partial charge in [-0.15, -0.1) is 0 Å². The molecule has 29 heavy (non-hydrogen) atoms. The van der Waals surface area contributed by atoms with E-state index in [0.29, 0.717) is 0 Å². The normalized spacial score (nSPS) is 18.1. The molecule has 2 aromatic carbocycles. The number of hydrogen-bond donors (Lipinski definition) is 0. The third-order valence-corrected chi connectivity index (χ3v) is 7.46. The van der Waals surface area contributed by atoms with Crippen LogP contribution in [-0.2, 0) is 24.8 Å². The predicted octanol–water partition coefficient (Wildman–Crippen LogP) is 3.43. The minimum absolute atomic E-state index is 0.0672. The van der Waals surface area contributed by atoms with Crippen LogP contribution in [-0.4, -0.2) is 25.4 Å². The third-order valence-electron chi connectivity index (χ3n) is 4.13. The summed E-state index contributed by atoms with van der Waals surface area (Å²) in [7, 11) is -7.89. The van der Waals surface area contributed by atoms with Gasteiger partial charge in [-0.3, -0.25) is 0 Å². The number of nitrogens with zero attached hydrogens (tertiary/aromatic N) is 2. The first kappa shape index (κ1) is 20.7. The molecule has 0 N–H and O–H groups in total. The molecule has 0 unspecified atom stereocenters. The highest BCUT2D eigenvalue weighted by atomic mass is 32.2. The van der Waals surface area contributed by atoms with Gasteiger partial charge in [0.25, 0.3) is 20.0 Å². The molecular weight excluding hydrogens is 412 g/mol. The summed E-state index contributed by atoms with van der Waals surface area (Å²) in [6.45, 7) is 3.70. The van der Waals surface area contributed by atoms with Crippen LogP contribution in [0.5, 0.6) is 0 Å². The molecule has 3 rings (SSSR count). The maximum absolute atomic E-state index is 12.9. The van der Waals surface area contributed by atoms with Gasteiger partial charge in [0.1, 0.15) is 12.5 Å². The van der Waals surface area contributed by atoms with E-state index in [0.717, 1.165) is 44.7 Å². The fourth-order valence-electron chi connectivity index (χ4n) is 2.45. The fraction of sp³-hybridized carbons (Fsp3) is 0.100. The fourth-order valence-corrected chi connectivity index (χ4v) is 4.75. The molecule has 0 radical (unpaired) electrons. The zero-order valence-electron chi connectivity index (χ0n) is 15.8. The summed E-state index contributed by atoms with van der Waals surface area (Å²) in [5, 5.41) is 0. The maximum Gasteiger partial charge on any atom is 0.267 e. The monoisotopic (exact) mass is 432 g/mol. The van der Waals surface area contributed by atoms with E-state index in [4.69, 9.17) is 4.74 Å². The molecule has 7 nitrogen and oxygen atoms in total. The van der Waals surface area contributed by atoms with Crippen molar-refractivity contribution >= 4 is 20.0 Å². The lowest BCUT2D eigenvalue weighted by Crippen LogP contribution is -2.24. The molecule has 0 saturated heterocycles. The molecule has 0 fully saturated rings. The van der Waals surface area contributed by atoms with E-state index >= 15 is 0 Å². The second-order valence-corrected chi connectivity index (χ2v) is 9.99. The standard InChI is InChI=1S/C20H20N2O5S2/c1-17-3-7-19(8-4-17)28(23,24)21-11-12-22(14-16-27-15-13-21)29(25,26)20-9-5-18(2)6-10-20/h3-16H,1-2H3/b12-11-,15-13-,16-14-. The van der Waals surface area contributed by atoms with E-state index in [-0.39, 0.29) is 9.79 Å². The van der Waals surface area contributed by atoms with Crippen molar-refractivity contribution in [1.29, 1.82) is 0 Å².